The molecule has 0 spiro atoms. The number of fused-ring (bicyclic) bond motifs is 6. The number of carbonyl (C=O) groups is 6. The van der Waals surface area contributed by atoms with E-state index >= 15 is 0 Å². The van der Waals surface area contributed by atoms with Gasteiger partial charge in [-0.3, -0.25) is 38.2 Å². The molecule has 2 unspecified atom stereocenters. The number of nitrogens with zero attached hydrogens (tertiary/aromatic N) is 3. The number of anilines is 1. The summed E-state index contributed by atoms with van der Waals surface area (Å²) in [5.74, 6) is -2.64. The lowest BCUT2D eigenvalue weighted by Crippen LogP contribution is -2.42. The molecule has 2 amide bonds. The Morgan fingerprint density at radius 1 is 0.569 bits per heavy atom. The Labute approximate surface area is 609 Å². The second-order valence-electron chi connectivity index (χ2n) is 30.8. The van der Waals surface area contributed by atoms with Crippen molar-refractivity contribution in [3.05, 3.63) is 132 Å². The number of unbranched alkanes of at least 4 members (excludes halogenated alkanes) is 5. The highest BCUT2D eigenvalue weighted by Gasteiger charge is 2.49. The SMILES string of the molecule is CCCCN(CCCC)CCOC(=O)C(C)(CCC(C)(CCC(C)(C)C(=O)OCCNC(C)=O)C(=O)OCCNC(=O)CCCCC[N+]1=C(C=CC=CC=CC=C2N(CCCCS(=O)(=O)O)c3ccc4ccccc4c3C2(C)C)C(C)(C)c2c1ccc1ccccc21)CC(C)(C)C(=O)OCCC. The second kappa shape index (κ2) is 38.3. The minimum atomic E-state index is -4.06. The predicted octanol–water partition coefficient (Wildman–Crippen LogP) is 15.7. The molecule has 0 bridgehead atoms. The van der Waals surface area contributed by atoms with Crippen molar-refractivity contribution in [1.29, 1.82) is 0 Å². The van der Waals surface area contributed by atoms with Crippen LogP contribution in [0, 0.1) is 21.7 Å². The van der Waals surface area contributed by atoms with Crippen molar-refractivity contribution in [2.24, 2.45) is 21.7 Å². The van der Waals surface area contributed by atoms with Gasteiger partial charge in [0.15, 0.2) is 5.71 Å². The molecule has 3 N–H and O–H groups in total. The van der Waals surface area contributed by atoms with Crippen LogP contribution in [0.5, 0.6) is 0 Å². The maximum absolute atomic E-state index is 14.6. The third-order valence-corrected chi connectivity index (χ3v) is 21.1. The minimum absolute atomic E-state index is 0.0213. The number of carbonyl (C=O) groups excluding carboxylic acids is 6. The number of ether oxygens (including phenoxy) is 4. The van der Waals surface area contributed by atoms with E-state index in [0.717, 1.165) is 80.6 Å². The number of amides is 2. The molecular formula is C83H120N5O13S+. The number of nitrogens with one attached hydrogen (secondary N) is 2. The zero-order chi connectivity index (χ0) is 74.9. The predicted molar refractivity (Wildman–Crippen MR) is 410 cm³/mol. The summed E-state index contributed by atoms with van der Waals surface area (Å²) < 4.78 is 58.3. The number of esters is 4. The molecule has 102 heavy (non-hydrogen) atoms. The van der Waals surface area contributed by atoms with Crippen molar-refractivity contribution in [3.8, 4) is 0 Å². The Balaban J connectivity index is 1.11. The molecule has 4 aromatic rings. The Morgan fingerprint density at radius 2 is 1.13 bits per heavy atom. The van der Waals surface area contributed by atoms with Crippen LogP contribution in [0.3, 0.4) is 0 Å². The number of benzene rings is 4. The van der Waals surface area contributed by atoms with E-state index in [1.807, 2.05) is 31.2 Å². The molecule has 0 saturated carbocycles. The van der Waals surface area contributed by atoms with E-state index in [-0.39, 0.29) is 106 Å². The highest BCUT2D eigenvalue weighted by molar-refractivity contribution is 7.85. The molecule has 0 aliphatic carbocycles. The molecule has 2 heterocycles. The molecule has 2 atom stereocenters. The molecule has 0 aromatic heterocycles. The number of hydrogen-bond donors (Lipinski definition) is 3. The van der Waals surface area contributed by atoms with Crippen LogP contribution in [0.4, 0.5) is 11.4 Å². The highest BCUT2D eigenvalue weighted by Crippen LogP contribution is 2.51. The first kappa shape index (κ1) is 83.5. The lowest BCUT2D eigenvalue weighted by atomic mass is 9.67. The third kappa shape index (κ3) is 23.3. The van der Waals surface area contributed by atoms with E-state index in [9.17, 15) is 41.7 Å². The maximum Gasteiger partial charge on any atom is 0.311 e. The summed E-state index contributed by atoms with van der Waals surface area (Å²) in [7, 11) is -4.06. The second-order valence-corrected chi connectivity index (χ2v) is 32.3. The average molecular weight is 1430 g/mol. The van der Waals surface area contributed by atoms with Crippen molar-refractivity contribution >= 4 is 84.4 Å². The van der Waals surface area contributed by atoms with Crippen LogP contribution >= 0.6 is 0 Å². The van der Waals surface area contributed by atoms with Crippen LogP contribution in [0.15, 0.2) is 121 Å². The van der Waals surface area contributed by atoms with E-state index in [0.29, 0.717) is 38.8 Å². The number of allylic oxidation sites excluding steroid dienone is 8. The molecular weight excluding hydrogens is 1310 g/mol. The van der Waals surface area contributed by atoms with Crippen LogP contribution in [0.2, 0.25) is 0 Å². The lowest BCUT2D eigenvalue weighted by molar-refractivity contribution is -0.438. The summed E-state index contributed by atoms with van der Waals surface area (Å²) in [5.41, 5.74) is 1.74. The van der Waals surface area contributed by atoms with Gasteiger partial charge in [-0.05, 0) is 191 Å². The van der Waals surface area contributed by atoms with Gasteiger partial charge in [0.25, 0.3) is 10.1 Å². The molecule has 0 saturated heterocycles. The Hall–Kier alpha value is -7.48. The molecule has 2 aliphatic heterocycles. The molecule has 0 fully saturated rings. The zero-order valence-corrected chi connectivity index (χ0v) is 64.7. The molecule has 6 rings (SSSR count). The average Bonchev–Trinajstić information content (AvgIpc) is 1.58. The van der Waals surface area contributed by atoms with E-state index in [4.69, 9.17) is 18.9 Å². The summed E-state index contributed by atoms with van der Waals surface area (Å²) in [4.78, 5) is 85.8. The monoisotopic (exact) mass is 1430 g/mol. The number of hydrogen-bond acceptors (Lipinski definition) is 14. The first-order valence-electron chi connectivity index (χ1n) is 37.3. The van der Waals surface area contributed by atoms with Crippen molar-refractivity contribution in [3.63, 3.8) is 0 Å². The third-order valence-electron chi connectivity index (χ3n) is 20.3. The fourth-order valence-electron chi connectivity index (χ4n) is 14.3. The zero-order valence-electron chi connectivity index (χ0n) is 63.9. The van der Waals surface area contributed by atoms with Crippen LogP contribution in [0.1, 0.15) is 211 Å². The lowest BCUT2D eigenvalue weighted by Gasteiger charge is -2.38. The summed E-state index contributed by atoms with van der Waals surface area (Å²) in [6.07, 6.45) is 23.6. The quantitative estimate of drug-likeness (QED) is 0.00934. The van der Waals surface area contributed by atoms with Crippen molar-refractivity contribution < 1.29 is 65.3 Å². The summed E-state index contributed by atoms with van der Waals surface area (Å²) in [5, 5.41) is 10.3. The van der Waals surface area contributed by atoms with Gasteiger partial charge in [-0.1, -0.05) is 132 Å². The summed E-state index contributed by atoms with van der Waals surface area (Å²) in [6, 6.07) is 25.6. The Bertz CT molecular complexity index is 3800. The van der Waals surface area contributed by atoms with Crippen molar-refractivity contribution in [2.45, 2.75) is 210 Å². The molecule has 18 nitrogen and oxygen atoms in total. The first-order valence-corrected chi connectivity index (χ1v) is 38.9. The minimum Gasteiger partial charge on any atom is -0.465 e. The maximum atomic E-state index is 14.6. The van der Waals surface area contributed by atoms with Gasteiger partial charge >= 0.3 is 23.9 Å². The van der Waals surface area contributed by atoms with Gasteiger partial charge in [0, 0.05) is 67.4 Å². The topological polar surface area (TPSA) is 227 Å². The number of rotatable bonds is 44. The Kier molecular flexibility index (Phi) is 31.4. The van der Waals surface area contributed by atoms with Gasteiger partial charge in [-0.25, -0.2) is 0 Å². The first-order chi connectivity index (χ1) is 48.3. The van der Waals surface area contributed by atoms with E-state index in [1.165, 1.54) is 39.9 Å². The largest absolute Gasteiger partial charge is 0.465 e. The normalized spacial score (nSPS) is 16.1. The summed E-state index contributed by atoms with van der Waals surface area (Å²) >= 11 is 0. The molecule has 4 aromatic carbocycles. The van der Waals surface area contributed by atoms with Gasteiger partial charge < -0.3 is 34.5 Å². The van der Waals surface area contributed by atoms with Crippen LogP contribution < -0.4 is 15.5 Å². The van der Waals surface area contributed by atoms with Crippen molar-refractivity contribution in [2.75, 3.05) is 82.9 Å². The fraction of sp³-hybridized carbons (Fsp3) is 0.578. The van der Waals surface area contributed by atoms with Crippen molar-refractivity contribution in [1.82, 2.24) is 15.5 Å². The van der Waals surface area contributed by atoms with Gasteiger partial charge in [0.1, 0.15) is 26.4 Å². The van der Waals surface area contributed by atoms with E-state index in [2.05, 4.69) is 158 Å². The molecule has 19 heteroatoms. The molecule has 2 aliphatic rings. The van der Waals surface area contributed by atoms with Gasteiger partial charge in [-0.2, -0.15) is 13.0 Å². The fourth-order valence-corrected chi connectivity index (χ4v) is 14.9. The summed E-state index contributed by atoms with van der Waals surface area (Å²) in [6.45, 7) is 31.4. The standard InChI is InChI=1S/C83H119N5O13S/c1-15-18-51-86(52-19-16-2)55-59-101-77(94)83(14,61-79(7,8)75(92)98-56-17-3)48-47-82(13,46-45-78(5,6)74(91)99-57-49-84-62(4)89)76(93)100-58-50-85-71(90)40-26-23-31-53-87-67-43-41-63-34-27-29-36-65(63)72(67)80(9,10)69(87)38-24-21-20-22-25-39-70-81(11,12)73-66-37-30-28-35-64(66)42-44-68(73)88(70)54-32-33-60-102(95,96)97/h20-22,24-25,27-30,34-39,41-44H,15-19,23,26,31-33,40,45-61H2,1-14H3,(H2-,84,85,89,90,95,96,97)/p+1. The smallest absolute Gasteiger partial charge is 0.311 e. The molecule has 0 radical (unpaired) electrons. The highest BCUT2D eigenvalue weighted by atomic mass is 32.2. The van der Waals surface area contributed by atoms with Gasteiger partial charge in [0.2, 0.25) is 17.5 Å². The van der Waals surface area contributed by atoms with E-state index < -0.39 is 55.7 Å². The van der Waals surface area contributed by atoms with Crippen LogP contribution in [0.25, 0.3) is 21.5 Å². The Morgan fingerprint density at radius 3 is 1.77 bits per heavy atom. The van der Waals surface area contributed by atoms with Crippen LogP contribution in [-0.2, 0) is 68.7 Å². The molecule has 560 valence electrons. The van der Waals surface area contributed by atoms with Crippen LogP contribution in [-0.4, -0.2) is 142 Å². The van der Waals surface area contributed by atoms with E-state index in [1.54, 1.807) is 41.5 Å². The van der Waals surface area contributed by atoms with Gasteiger partial charge in [-0.15, -0.1) is 0 Å². The van der Waals surface area contributed by atoms with Gasteiger partial charge in [0.05, 0.1) is 52.5 Å².